The topological polar surface area (TPSA) is 0 Å². The molecule has 0 aliphatic heterocycles. The van der Waals surface area contributed by atoms with Crippen LogP contribution in [0.3, 0.4) is 0 Å². The lowest BCUT2D eigenvalue weighted by Gasteiger charge is -2.01. The second kappa shape index (κ2) is 12.2. The molecule has 0 radical (unpaired) electrons. The Kier molecular flexibility index (Phi) is 11.0. The maximum absolute atomic E-state index is 3.64. The first-order valence-corrected chi connectivity index (χ1v) is 7.74. The lowest BCUT2D eigenvalue weighted by Crippen LogP contribution is -1.82. The predicted octanol–water partition coefficient (Wildman–Crippen LogP) is 7.03. The Balaban J connectivity index is 0.000000509. The van der Waals surface area contributed by atoms with E-state index in [1.54, 1.807) is 6.08 Å². The molecule has 0 fully saturated rings. The largest absolute Gasteiger partial charge is 0.0991 e. The predicted molar refractivity (Wildman–Crippen MR) is 107 cm³/mol. The molecule has 0 N–H and O–H groups in total. The van der Waals surface area contributed by atoms with Crippen molar-refractivity contribution in [3.8, 4) is 0 Å². The summed E-state index contributed by atoms with van der Waals surface area (Å²) in [6.07, 6.45) is 8.92. The quantitative estimate of drug-likeness (QED) is 0.532. The van der Waals surface area contributed by atoms with Gasteiger partial charge in [-0.3, -0.25) is 0 Å². The molecule has 0 heteroatoms. The first kappa shape index (κ1) is 20.7. The molecule has 0 heterocycles. The number of hydrogen-bond donors (Lipinski definition) is 0. The molecule has 122 valence electrons. The van der Waals surface area contributed by atoms with E-state index >= 15 is 0 Å². The van der Waals surface area contributed by atoms with Crippen LogP contribution in [-0.2, 0) is 6.42 Å². The number of aryl methyl sites for hydroxylation is 2. The fourth-order valence-corrected chi connectivity index (χ4v) is 1.91. The molecule has 2 aromatic carbocycles. The zero-order valence-electron chi connectivity index (χ0n) is 13.9. The van der Waals surface area contributed by atoms with Crippen LogP contribution in [-0.4, -0.2) is 0 Å². The average Bonchev–Trinajstić information content (AvgIpc) is 2.56. The lowest BCUT2D eigenvalue weighted by molar-refractivity contribution is 1.14. The molecule has 0 aliphatic rings. The Morgan fingerprint density at radius 3 is 2.00 bits per heavy atom. The zero-order valence-corrected chi connectivity index (χ0v) is 13.9. The van der Waals surface area contributed by atoms with E-state index in [1.807, 2.05) is 30.4 Å². The maximum atomic E-state index is 3.64. The summed E-state index contributed by atoms with van der Waals surface area (Å²) in [7, 11) is 0. The van der Waals surface area contributed by atoms with Crippen molar-refractivity contribution in [2.45, 2.75) is 34.6 Å². The first-order valence-electron chi connectivity index (χ1n) is 7.74. The van der Waals surface area contributed by atoms with Crippen LogP contribution in [0.5, 0.6) is 0 Å². The summed E-state index contributed by atoms with van der Waals surface area (Å²) in [6.45, 7) is 10.0. The molecule has 0 atom stereocenters. The van der Waals surface area contributed by atoms with E-state index in [9.17, 15) is 0 Å². The van der Waals surface area contributed by atoms with Gasteiger partial charge in [0.1, 0.15) is 0 Å². The van der Waals surface area contributed by atoms with Crippen LogP contribution in [0.25, 0.3) is 5.57 Å². The van der Waals surface area contributed by atoms with E-state index in [2.05, 4.69) is 69.8 Å². The Morgan fingerprint density at radius 2 is 1.57 bits per heavy atom. The molecule has 2 rings (SSSR count). The minimum Gasteiger partial charge on any atom is -0.0991 e. The summed E-state index contributed by atoms with van der Waals surface area (Å²) in [5.74, 6) is 0. The monoisotopic (exact) mass is 306 g/mol. The van der Waals surface area contributed by atoms with Gasteiger partial charge >= 0.3 is 0 Å². The van der Waals surface area contributed by atoms with Crippen LogP contribution in [0.4, 0.5) is 0 Å². The molecule has 0 spiro atoms. The van der Waals surface area contributed by atoms with Gasteiger partial charge < -0.3 is 0 Å². The highest BCUT2D eigenvalue weighted by atomic mass is 14.0. The van der Waals surface area contributed by atoms with Gasteiger partial charge in [-0.25, -0.2) is 0 Å². The zero-order chi connectivity index (χ0) is 16.2. The van der Waals surface area contributed by atoms with E-state index in [0.717, 1.165) is 6.42 Å². The smallest absolute Gasteiger partial charge is 0.0227 e. The number of hydrogen-bond acceptors (Lipinski definition) is 0. The third-order valence-electron chi connectivity index (χ3n) is 3.35. The molecule has 23 heavy (non-hydrogen) atoms. The van der Waals surface area contributed by atoms with E-state index in [-0.39, 0.29) is 7.43 Å². The highest BCUT2D eigenvalue weighted by Gasteiger charge is 1.94. The van der Waals surface area contributed by atoms with E-state index in [0.29, 0.717) is 0 Å². The number of rotatable bonds is 4. The molecule has 0 nitrogen and oxygen atoms in total. The van der Waals surface area contributed by atoms with Crippen molar-refractivity contribution in [2.75, 3.05) is 0 Å². The van der Waals surface area contributed by atoms with Crippen molar-refractivity contribution in [2.24, 2.45) is 0 Å². The van der Waals surface area contributed by atoms with Gasteiger partial charge in [-0.1, -0.05) is 105 Å². The summed E-state index contributed by atoms with van der Waals surface area (Å²) in [5.41, 5.74) is 5.26. The number of benzene rings is 2. The third-order valence-corrected chi connectivity index (χ3v) is 3.35. The highest BCUT2D eigenvalue weighted by molar-refractivity contribution is 5.65. The Bertz CT molecular complexity index is 598. The summed E-state index contributed by atoms with van der Waals surface area (Å²) in [4.78, 5) is 0. The molecular formula is C23H30. The minimum atomic E-state index is 0. The second-order valence-electron chi connectivity index (χ2n) is 5.18. The Labute approximate surface area is 142 Å². The second-order valence-corrected chi connectivity index (χ2v) is 5.18. The van der Waals surface area contributed by atoms with E-state index in [1.165, 1.54) is 22.3 Å². The fraction of sp³-hybridized carbons (Fsp3) is 0.217. The van der Waals surface area contributed by atoms with E-state index in [4.69, 9.17) is 0 Å². The maximum Gasteiger partial charge on any atom is -0.0227 e. The normalized spacial score (nSPS) is 10.5. The van der Waals surface area contributed by atoms with Gasteiger partial charge in [-0.2, -0.15) is 0 Å². The van der Waals surface area contributed by atoms with Crippen molar-refractivity contribution in [3.05, 3.63) is 102 Å². The standard InChI is InChI=1S/C15H18.C7H8.CH4/c1-4-6-7-8-13(3)15-11-9-14(5-2)10-12-15;1-7-5-3-2-4-6-7;/h4,6-12H,1,5H2,2-3H3;2-6H,1H3;1H4/b7-6-,13-8+;;. The van der Waals surface area contributed by atoms with Gasteiger partial charge in [-0.05, 0) is 37.0 Å². The third kappa shape index (κ3) is 8.63. The van der Waals surface area contributed by atoms with Gasteiger partial charge in [0, 0.05) is 0 Å². The van der Waals surface area contributed by atoms with Crippen LogP contribution in [0.2, 0.25) is 0 Å². The summed E-state index contributed by atoms with van der Waals surface area (Å²) in [5, 5.41) is 0. The summed E-state index contributed by atoms with van der Waals surface area (Å²) in [6, 6.07) is 19.0. The van der Waals surface area contributed by atoms with Gasteiger partial charge in [0.25, 0.3) is 0 Å². The Morgan fingerprint density at radius 1 is 0.957 bits per heavy atom. The van der Waals surface area contributed by atoms with Crippen LogP contribution in [0, 0.1) is 6.92 Å². The van der Waals surface area contributed by atoms with Crippen LogP contribution >= 0.6 is 0 Å². The van der Waals surface area contributed by atoms with Crippen molar-refractivity contribution in [1.29, 1.82) is 0 Å². The van der Waals surface area contributed by atoms with Gasteiger partial charge in [-0.15, -0.1) is 0 Å². The molecule has 0 aliphatic carbocycles. The van der Waals surface area contributed by atoms with Crippen LogP contribution in [0.15, 0.2) is 85.5 Å². The summed E-state index contributed by atoms with van der Waals surface area (Å²) >= 11 is 0. The minimum absolute atomic E-state index is 0. The van der Waals surface area contributed by atoms with Crippen LogP contribution in [0.1, 0.15) is 38.0 Å². The Hall–Kier alpha value is -2.34. The average molecular weight is 306 g/mol. The molecule has 0 unspecified atom stereocenters. The van der Waals surface area contributed by atoms with Crippen LogP contribution < -0.4 is 0 Å². The molecule has 0 saturated carbocycles. The fourth-order valence-electron chi connectivity index (χ4n) is 1.91. The summed E-state index contributed by atoms with van der Waals surface area (Å²) < 4.78 is 0. The van der Waals surface area contributed by atoms with Crippen molar-refractivity contribution in [1.82, 2.24) is 0 Å². The lowest BCUT2D eigenvalue weighted by atomic mass is 10.0. The van der Waals surface area contributed by atoms with E-state index < -0.39 is 0 Å². The van der Waals surface area contributed by atoms with Crippen molar-refractivity contribution < 1.29 is 0 Å². The van der Waals surface area contributed by atoms with Crippen molar-refractivity contribution >= 4 is 5.57 Å². The SMILES string of the molecule is C.C=C/C=C\C=C(/C)c1ccc(CC)cc1.Cc1ccccc1. The first-order chi connectivity index (χ1) is 10.7. The molecule has 0 bridgehead atoms. The highest BCUT2D eigenvalue weighted by Crippen LogP contribution is 2.14. The molecule has 2 aromatic rings. The number of allylic oxidation sites excluding steroid dienone is 5. The molecule has 0 amide bonds. The van der Waals surface area contributed by atoms with Gasteiger partial charge in [0.15, 0.2) is 0 Å². The van der Waals surface area contributed by atoms with Gasteiger partial charge in [0.2, 0.25) is 0 Å². The molecular weight excluding hydrogens is 276 g/mol. The van der Waals surface area contributed by atoms with Crippen molar-refractivity contribution in [3.63, 3.8) is 0 Å². The molecule has 0 saturated heterocycles. The van der Waals surface area contributed by atoms with Gasteiger partial charge in [0.05, 0.1) is 0 Å². The molecule has 0 aromatic heterocycles.